The molecule has 0 aliphatic carbocycles. The standard InChI is InChI=1S/C13H8BrClFNO3/c14-11-3-2-10(17(18)19)6-13(11)20-7-8-5-9(16)1-4-12(8)15/h1-6H,7H2. The molecule has 0 atom stereocenters. The van der Waals surface area contributed by atoms with Crippen LogP contribution in [-0.4, -0.2) is 4.92 Å². The largest absolute Gasteiger partial charge is 0.487 e. The second-order valence-electron chi connectivity index (χ2n) is 3.90. The molecule has 0 saturated carbocycles. The van der Waals surface area contributed by atoms with Crippen LogP contribution in [0.2, 0.25) is 5.02 Å². The van der Waals surface area contributed by atoms with Crippen LogP contribution in [-0.2, 0) is 6.61 Å². The summed E-state index contributed by atoms with van der Waals surface area (Å²) in [5, 5.41) is 11.1. The zero-order valence-corrected chi connectivity index (χ0v) is 12.3. The van der Waals surface area contributed by atoms with Crippen molar-refractivity contribution in [2.24, 2.45) is 0 Å². The maximum atomic E-state index is 13.1. The van der Waals surface area contributed by atoms with Gasteiger partial charge < -0.3 is 4.74 Å². The Morgan fingerprint density at radius 3 is 2.75 bits per heavy atom. The molecule has 0 saturated heterocycles. The van der Waals surface area contributed by atoms with Gasteiger partial charge in [0, 0.05) is 16.7 Å². The van der Waals surface area contributed by atoms with Crippen LogP contribution in [0.25, 0.3) is 0 Å². The third kappa shape index (κ3) is 3.46. The molecule has 20 heavy (non-hydrogen) atoms. The summed E-state index contributed by atoms with van der Waals surface area (Å²) in [6.07, 6.45) is 0. The number of hydrogen-bond donors (Lipinski definition) is 0. The van der Waals surface area contributed by atoms with Gasteiger partial charge in [0.1, 0.15) is 18.2 Å². The topological polar surface area (TPSA) is 52.4 Å². The molecule has 4 nitrogen and oxygen atoms in total. The molecule has 0 amide bonds. The van der Waals surface area contributed by atoms with E-state index in [0.29, 0.717) is 20.8 Å². The number of halogens is 3. The van der Waals surface area contributed by atoms with Crippen molar-refractivity contribution in [3.63, 3.8) is 0 Å². The molecule has 0 radical (unpaired) electrons. The minimum absolute atomic E-state index is 0.0103. The van der Waals surface area contributed by atoms with Gasteiger partial charge in [-0.2, -0.15) is 0 Å². The van der Waals surface area contributed by atoms with E-state index in [4.69, 9.17) is 16.3 Å². The summed E-state index contributed by atoms with van der Waals surface area (Å²) in [6.45, 7) is 0.0103. The van der Waals surface area contributed by atoms with Gasteiger partial charge in [-0.1, -0.05) is 11.6 Å². The highest BCUT2D eigenvalue weighted by Gasteiger charge is 2.11. The van der Waals surface area contributed by atoms with Crippen molar-refractivity contribution in [2.45, 2.75) is 6.61 Å². The molecule has 0 heterocycles. The summed E-state index contributed by atoms with van der Waals surface area (Å²) in [5.74, 6) is -0.134. The Kier molecular flexibility index (Phi) is 4.57. The maximum absolute atomic E-state index is 13.1. The minimum atomic E-state index is -0.519. The Morgan fingerprint density at radius 2 is 2.05 bits per heavy atom. The Morgan fingerprint density at radius 1 is 1.30 bits per heavy atom. The van der Waals surface area contributed by atoms with Crippen LogP contribution in [0.1, 0.15) is 5.56 Å². The van der Waals surface area contributed by atoms with E-state index in [9.17, 15) is 14.5 Å². The smallest absolute Gasteiger partial charge is 0.273 e. The van der Waals surface area contributed by atoms with Crippen molar-refractivity contribution in [2.75, 3.05) is 0 Å². The summed E-state index contributed by atoms with van der Waals surface area (Å²) in [4.78, 5) is 10.2. The maximum Gasteiger partial charge on any atom is 0.273 e. The van der Waals surface area contributed by atoms with E-state index < -0.39 is 10.7 Å². The predicted molar refractivity (Wildman–Crippen MR) is 76.5 cm³/mol. The van der Waals surface area contributed by atoms with Crippen molar-refractivity contribution >= 4 is 33.2 Å². The zero-order valence-electron chi connectivity index (χ0n) is 9.98. The monoisotopic (exact) mass is 359 g/mol. The lowest BCUT2D eigenvalue weighted by molar-refractivity contribution is -0.385. The van der Waals surface area contributed by atoms with Gasteiger partial charge in [0.25, 0.3) is 5.69 Å². The molecule has 0 aliphatic rings. The summed E-state index contributed by atoms with van der Waals surface area (Å²) in [5.41, 5.74) is 0.374. The molecule has 2 aromatic carbocycles. The number of nitrogens with zero attached hydrogens (tertiary/aromatic N) is 1. The lowest BCUT2D eigenvalue weighted by Gasteiger charge is -2.09. The molecule has 7 heteroatoms. The van der Waals surface area contributed by atoms with E-state index >= 15 is 0 Å². The molecule has 0 unspecified atom stereocenters. The quantitative estimate of drug-likeness (QED) is 0.585. The van der Waals surface area contributed by atoms with Gasteiger partial charge in [0.15, 0.2) is 0 Å². The molecule has 0 aliphatic heterocycles. The van der Waals surface area contributed by atoms with E-state index in [1.54, 1.807) is 0 Å². The van der Waals surface area contributed by atoms with E-state index in [0.717, 1.165) is 0 Å². The predicted octanol–water partition coefficient (Wildman–Crippen LogP) is 4.73. The minimum Gasteiger partial charge on any atom is -0.487 e. The van der Waals surface area contributed by atoms with Crippen molar-refractivity contribution < 1.29 is 14.1 Å². The van der Waals surface area contributed by atoms with Gasteiger partial charge >= 0.3 is 0 Å². The van der Waals surface area contributed by atoms with Crippen LogP contribution in [0, 0.1) is 15.9 Å². The molecule has 0 N–H and O–H groups in total. The lowest BCUT2D eigenvalue weighted by Crippen LogP contribution is -1.98. The SMILES string of the molecule is O=[N+]([O-])c1ccc(Br)c(OCc2cc(F)ccc2Cl)c1. The molecule has 2 aromatic rings. The van der Waals surface area contributed by atoms with Crippen molar-refractivity contribution in [1.29, 1.82) is 0 Å². The summed E-state index contributed by atoms with van der Waals surface area (Å²) in [6, 6.07) is 8.09. The highest BCUT2D eigenvalue weighted by molar-refractivity contribution is 9.10. The van der Waals surface area contributed by atoms with E-state index in [-0.39, 0.29) is 12.3 Å². The molecule has 0 fully saturated rings. The number of rotatable bonds is 4. The Hall–Kier alpha value is -1.66. The average Bonchev–Trinajstić information content (AvgIpc) is 2.41. The van der Waals surface area contributed by atoms with Crippen molar-refractivity contribution in [1.82, 2.24) is 0 Å². The number of nitro groups is 1. The number of nitro benzene ring substituents is 1. The fourth-order valence-electron chi connectivity index (χ4n) is 1.53. The summed E-state index contributed by atoms with van der Waals surface area (Å²) >= 11 is 9.15. The first-order chi connectivity index (χ1) is 9.47. The second-order valence-corrected chi connectivity index (χ2v) is 5.16. The van der Waals surface area contributed by atoms with Gasteiger partial charge in [-0.3, -0.25) is 10.1 Å². The number of benzene rings is 2. The highest BCUT2D eigenvalue weighted by Crippen LogP contribution is 2.30. The molecule has 0 aromatic heterocycles. The Bertz CT molecular complexity index is 666. The van der Waals surface area contributed by atoms with Crippen LogP contribution in [0.4, 0.5) is 10.1 Å². The molecule has 2 rings (SSSR count). The first-order valence-electron chi connectivity index (χ1n) is 5.48. The molecule has 0 spiro atoms. The Labute approximate surface area is 127 Å². The first kappa shape index (κ1) is 14.7. The fourth-order valence-corrected chi connectivity index (χ4v) is 2.06. The zero-order chi connectivity index (χ0) is 14.7. The van der Waals surface area contributed by atoms with Crippen LogP contribution >= 0.6 is 27.5 Å². The van der Waals surface area contributed by atoms with Gasteiger partial charge in [-0.25, -0.2) is 4.39 Å². The van der Waals surface area contributed by atoms with E-state index in [2.05, 4.69) is 15.9 Å². The van der Waals surface area contributed by atoms with Crippen molar-refractivity contribution in [3.8, 4) is 5.75 Å². The molecular formula is C13H8BrClFNO3. The number of ether oxygens (including phenoxy) is 1. The third-order valence-corrected chi connectivity index (χ3v) is 3.54. The lowest BCUT2D eigenvalue weighted by atomic mass is 10.2. The van der Waals surface area contributed by atoms with Crippen LogP contribution in [0.5, 0.6) is 5.75 Å². The van der Waals surface area contributed by atoms with Crippen LogP contribution < -0.4 is 4.74 Å². The number of non-ortho nitro benzene ring substituents is 1. The van der Waals surface area contributed by atoms with E-state index in [1.165, 1.54) is 36.4 Å². The van der Waals surface area contributed by atoms with E-state index in [1.807, 2.05) is 0 Å². The van der Waals surface area contributed by atoms with Gasteiger partial charge in [-0.05, 0) is 40.2 Å². The number of hydrogen-bond acceptors (Lipinski definition) is 3. The van der Waals surface area contributed by atoms with Crippen LogP contribution in [0.3, 0.4) is 0 Å². The summed E-state index contributed by atoms with van der Waals surface area (Å²) < 4.78 is 19.1. The van der Waals surface area contributed by atoms with Crippen molar-refractivity contribution in [3.05, 3.63) is 67.4 Å². The normalized spacial score (nSPS) is 10.3. The first-order valence-corrected chi connectivity index (χ1v) is 6.65. The van der Waals surface area contributed by atoms with Gasteiger partial charge in [0.2, 0.25) is 0 Å². The molecule has 0 bridgehead atoms. The Balaban J connectivity index is 2.20. The molecular weight excluding hydrogens is 353 g/mol. The summed E-state index contributed by atoms with van der Waals surface area (Å²) in [7, 11) is 0. The third-order valence-electron chi connectivity index (χ3n) is 2.52. The molecule has 104 valence electrons. The van der Waals surface area contributed by atoms with Gasteiger partial charge in [-0.15, -0.1) is 0 Å². The van der Waals surface area contributed by atoms with Gasteiger partial charge in [0.05, 0.1) is 15.5 Å². The average molecular weight is 361 g/mol. The highest BCUT2D eigenvalue weighted by atomic mass is 79.9. The van der Waals surface area contributed by atoms with Crippen LogP contribution in [0.15, 0.2) is 40.9 Å². The fraction of sp³-hybridized carbons (Fsp3) is 0.0769. The second kappa shape index (κ2) is 6.19.